The minimum absolute atomic E-state index is 0.159. The Kier molecular flexibility index (Phi) is 5.14. The molecule has 0 bridgehead atoms. The van der Waals surface area contributed by atoms with Crippen LogP contribution in [0.4, 0.5) is 0 Å². The van der Waals surface area contributed by atoms with Crippen molar-refractivity contribution >= 4 is 39.1 Å². The molecule has 0 saturated heterocycles. The number of rotatable bonds is 4. The van der Waals surface area contributed by atoms with Crippen LogP contribution >= 0.6 is 39.1 Å². The van der Waals surface area contributed by atoms with E-state index in [2.05, 4.69) is 15.9 Å². The van der Waals surface area contributed by atoms with Crippen molar-refractivity contribution in [1.29, 1.82) is 0 Å². The summed E-state index contributed by atoms with van der Waals surface area (Å²) in [4.78, 5) is 0.159. The molecule has 1 nitrogen and oxygen atoms in total. The lowest BCUT2D eigenvalue weighted by molar-refractivity contribution is 0.414. The van der Waals surface area contributed by atoms with Crippen LogP contribution in [0.15, 0.2) is 42.5 Å². The highest BCUT2D eigenvalue weighted by atomic mass is 79.9. The van der Waals surface area contributed by atoms with Crippen molar-refractivity contribution in [2.24, 2.45) is 0 Å². The van der Waals surface area contributed by atoms with Crippen LogP contribution < -0.4 is 4.74 Å². The summed E-state index contributed by atoms with van der Waals surface area (Å²) in [7, 11) is 1.63. The van der Waals surface area contributed by atoms with Crippen molar-refractivity contribution in [2.45, 2.75) is 11.2 Å². The van der Waals surface area contributed by atoms with Gasteiger partial charge in [0.15, 0.2) is 0 Å². The average Bonchev–Trinajstić information content (AvgIpc) is 2.41. The Balaban J connectivity index is 2.15. The topological polar surface area (TPSA) is 9.23 Å². The van der Waals surface area contributed by atoms with Crippen molar-refractivity contribution in [3.63, 3.8) is 0 Å². The van der Waals surface area contributed by atoms with Gasteiger partial charge >= 0.3 is 0 Å². The quantitative estimate of drug-likeness (QED) is 0.638. The van der Waals surface area contributed by atoms with E-state index in [9.17, 15) is 0 Å². The van der Waals surface area contributed by atoms with Gasteiger partial charge in [0.05, 0.1) is 7.11 Å². The van der Waals surface area contributed by atoms with Gasteiger partial charge in [0.25, 0.3) is 0 Å². The molecule has 2 aromatic rings. The van der Waals surface area contributed by atoms with Crippen molar-refractivity contribution in [2.75, 3.05) is 7.11 Å². The predicted octanol–water partition coefficient (Wildman–Crippen LogP) is 5.68. The van der Waals surface area contributed by atoms with Crippen LogP contribution in [0.3, 0.4) is 0 Å². The minimum Gasteiger partial charge on any atom is -0.497 e. The number of ether oxygens (including phenoxy) is 1. The fourth-order valence-corrected chi connectivity index (χ4v) is 3.16. The van der Waals surface area contributed by atoms with Gasteiger partial charge in [-0.3, -0.25) is 0 Å². The highest BCUT2D eigenvalue weighted by molar-refractivity contribution is 9.09. The van der Waals surface area contributed by atoms with E-state index in [0.717, 1.165) is 22.8 Å². The molecule has 0 radical (unpaired) electrons. The van der Waals surface area contributed by atoms with Gasteiger partial charge in [0.2, 0.25) is 0 Å². The Bertz CT molecular complexity index is 555. The molecule has 0 aromatic heterocycles. The fourth-order valence-electron chi connectivity index (χ4n) is 1.83. The van der Waals surface area contributed by atoms with E-state index in [-0.39, 0.29) is 4.83 Å². The molecule has 0 fully saturated rings. The molecule has 4 heteroatoms. The monoisotopic (exact) mass is 358 g/mol. The molecule has 0 aliphatic carbocycles. The number of hydrogen-bond acceptors (Lipinski definition) is 1. The third-order valence-corrected chi connectivity index (χ3v) is 4.27. The Morgan fingerprint density at radius 3 is 2.37 bits per heavy atom. The van der Waals surface area contributed by atoms with Crippen LogP contribution in [0.5, 0.6) is 5.75 Å². The number of halogens is 3. The normalized spacial score (nSPS) is 12.2. The first-order valence-electron chi connectivity index (χ1n) is 5.82. The molecule has 19 heavy (non-hydrogen) atoms. The number of methoxy groups -OCH3 is 1. The van der Waals surface area contributed by atoms with Crippen molar-refractivity contribution in [3.05, 3.63) is 63.6 Å². The van der Waals surface area contributed by atoms with Crippen LogP contribution in [-0.4, -0.2) is 7.11 Å². The lowest BCUT2D eigenvalue weighted by Crippen LogP contribution is -1.97. The number of benzene rings is 2. The van der Waals surface area contributed by atoms with Gasteiger partial charge < -0.3 is 4.74 Å². The van der Waals surface area contributed by atoms with Crippen LogP contribution in [0.25, 0.3) is 0 Å². The highest BCUT2D eigenvalue weighted by Crippen LogP contribution is 2.34. The maximum Gasteiger partial charge on any atom is 0.120 e. The second kappa shape index (κ2) is 6.65. The van der Waals surface area contributed by atoms with Gasteiger partial charge in [-0.1, -0.05) is 57.3 Å². The molecular formula is C15H13BrCl2O. The Hall–Kier alpha value is -0.700. The first-order chi connectivity index (χ1) is 9.10. The highest BCUT2D eigenvalue weighted by Gasteiger charge is 2.13. The standard InChI is InChI=1S/C15H13BrCl2O/c1-19-12-6-7-13(15(18)9-12)14(16)8-10-2-4-11(17)5-3-10/h2-7,9,14H,8H2,1H3. The van der Waals surface area contributed by atoms with Gasteiger partial charge in [-0.25, -0.2) is 0 Å². The lowest BCUT2D eigenvalue weighted by atomic mass is 10.0. The molecule has 0 heterocycles. The van der Waals surface area contributed by atoms with E-state index < -0.39 is 0 Å². The van der Waals surface area contributed by atoms with Crippen molar-refractivity contribution < 1.29 is 4.74 Å². The zero-order valence-electron chi connectivity index (χ0n) is 10.4. The zero-order chi connectivity index (χ0) is 13.8. The van der Waals surface area contributed by atoms with Gasteiger partial charge in [-0.05, 0) is 41.8 Å². The predicted molar refractivity (Wildman–Crippen MR) is 84.8 cm³/mol. The molecule has 100 valence electrons. The maximum atomic E-state index is 6.26. The SMILES string of the molecule is COc1ccc(C(Br)Cc2ccc(Cl)cc2)c(Cl)c1. The second-order valence-electron chi connectivity index (χ2n) is 4.19. The first-order valence-corrected chi connectivity index (χ1v) is 7.49. The Labute approximate surface area is 131 Å². The molecule has 1 atom stereocenters. The number of alkyl halides is 1. The molecule has 0 aliphatic heterocycles. The zero-order valence-corrected chi connectivity index (χ0v) is 13.5. The summed E-state index contributed by atoms with van der Waals surface area (Å²) in [6, 6.07) is 13.6. The molecule has 0 aliphatic rings. The molecular weight excluding hydrogens is 347 g/mol. The molecule has 0 spiro atoms. The van der Waals surface area contributed by atoms with Crippen molar-refractivity contribution in [3.8, 4) is 5.75 Å². The number of hydrogen-bond donors (Lipinski definition) is 0. The van der Waals surface area contributed by atoms with E-state index in [4.69, 9.17) is 27.9 Å². The average molecular weight is 360 g/mol. The summed E-state index contributed by atoms with van der Waals surface area (Å²) in [6.07, 6.45) is 0.850. The Morgan fingerprint density at radius 1 is 1.11 bits per heavy atom. The smallest absolute Gasteiger partial charge is 0.120 e. The summed E-state index contributed by atoms with van der Waals surface area (Å²) in [5.74, 6) is 0.764. The van der Waals surface area contributed by atoms with E-state index in [0.29, 0.717) is 5.02 Å². The third kappa shape index (κ3) is 3.88. The second-order valence-corrected chi connectivity index (χ2v) is 6.13. The van der Waals surface area contributed by atoms with E-state index in [1.165, 1.54) is 5.56 Å². The first kappa shape index (κ1) is 14.7. The maximum absolute atomic E-state index is 6.26. The molecule has 2 aromatic carbocycles. The summed E-state index contributed by atoms with van der Waals surface area (Å²) in [5.41, 5.74) is 2.26. The molecule has 0 N–H and O–H groups in total. The third-order valence-electron chi connectivity index (χ3n) is 2.87. The van der Waals surface area contributed by atoms with E-state index in [1.807, 2.05) is 42.5 Å². The molecule has 0 saturated carbocycles. The molecule has 0 amide bonds. The molecule has 1 unspecified atom stereocenters. The molecule has 2 rings (SSSR count). The summed E-state index contributed by atoms with van der Waals surface area (Å²) in [6.45, 7) is 0. The summed E-state index contributed by atoms with van der Waals surface area (Å²) < 4.78 is 5.15. The largest absolute Gasteiger partial charge is 0.497 e. The van der Waals surface area contributed by atoms with Gasteiger partial charge in [0.1, 0.15) is 5.75 Å². The lowest BCUT2D eigenvalue weighted by Gasteiger charge is -2.13. The van der Waals surface area contributed by atoms with Crippen LogP contribution in [0.1, 0.15) is 16.0 Å². The van der Waals surface area contributed by atoms with Crippen LogP contribution in [-0.2, 0) is 6.42 Å². The van der Waals surface area contributed by atoms with E-state index >= 15 is 0 Å². The minimum atomic E-state index is 0.159. The van der Waals surface area contributed by atoms with Crippen LogP contribution in [0, 0.1) is 0 Å². The summed E-state index contributed by atoms with van der Waals surface area (Å²) in [5, 5.41) is 1.45. The Morgan fingerprint density at radius 2 is 1.79 bits per heavy atom. The van der Waals surface area contributed by atoms with E-state index in [1.54, 1.807) is 7.11 Å². The summed E-state index contributed by atoms with van der Waals surface area (Å²) >= 11 is 15.8. The van der Waals surface area contributed by atoms with Crippen LogP contribution in [0.2, 0.25) is 10.0 Å². The van der Waals surface area contributed by atoms with Gasteiger partial charge in [0, 0.05) is 14.9 Å². The van der Waals surface area contributed by atoms with Crippen molar-refractivity contribution in [1.82, 2.24) is 0 Å². The van der Waals surface area contributed by atoms with Gasteiger partial charge in [-0.15, -0.1) is 0 Å². The van der Waals surface area contributed by atoms with Gasteiger partial charge in [-0.2, -0.15) is 0 Å². The fraction of sp³-hybridized carbons (Fsp3) is 0.200.